The van der Waals surface area contributed by atoms with Crippen LogP contribution in [0.3, 0.4) is 0 Å². The fourth-order valence-electron chi connectivity index (χ4n) is 4.29. The zero-order valence-electron chi connectivity index (χ0n) is 20.6. The molecule has 0 saturated heterocycles. The van der Waals surface area contributed by atoms with E-state index in [2.05, 4.69) is 23.2 Å². The zero-order valence-corrected chi connectivity index (χ0v) is 20.6. The summed E-state index contributed by atoms with van der Waals surface area (Å²) in [6.07, 6.45) is 2.22. The van der Waals surface area contributed by atoms with Crippen LogP contribution < -0.4 is 4.74 Å². The summed E-state index contributed by atoms with van der Waals surface area (Å²) in [5.74, 6) is -0.437. The van der Waals surface area contributed by atoms with Gasteiger partial charge >= 0.3 is 12.1 Å². The number of rotatable bonds is 5. The van der Waals surface area contributed by atoms with Crippen molar-refractivity contribution in [3.63, 3.8) is 0 Å². The second kappa shape index (κ2) is 9.81. The van der Waals surface area contributed by atoms with Crippen LogP contribution in [0.4, 0.5) is 4.79 Å². The maximum Gasteiger partial charge on any atom is 0.410 e. The first kappa shape index (κ1) is 24.6. The number of amides is 1. The Labute approximate surface area is 196 Å². The number of aromatic nitrogens is 1. The lowest BCUT2D eigenvalue weighted by Gasteiger charge is -2.32. The molecule has 1 amide bonds. The summed E-state index contributed by atoms with van der Waals surface area (Å²) >= 11 is 0. The summed E-state index contributed by atoms with van der Waals surface area (Å²) in [7, 11) is 2.98. The van der Waals surface area contributed by atoms with Gasteiger partial charge in [-0.15, -0.1) is 0 Å². The van der Waals surface area contributed by atoms with Crippen molar-refractivity contribution in [2.24, 2.45) is 5.92 Å². The lowest BCUT2D eigenvalue weighted by atomic mass is 9.79. The van der Waals surface area contributed by atoms with Crippen molar-refractivity contribution in [3.05, 3.63) is 58.3 Å². The lowest BCUT2D eigenvalue weighted by Crippen LogP contribution is -2.40. The van der Waals surface area contributed by atoms with Gasteiger partial charge in [0.15, 0.2) is 0 Å². The Morgan fingerprint density at radius 3 is 2.45 bits per heavy atom. The van der Waals surface area contributed by atoms with E-state index >= 15 is 0 Å². The van der Waals surface area contributed by atoms with Gasteiger partial charge in [0.25, 0.3) is 0 Å². The number of nitrogens with zero attached hydrogens (tertiary/aromatic N) is 2. The van der Waals surface area contributed by atoms with Crippen molar-refractivity contribution in [1.29, 1.82) is 0 Å². The summed E-state index contributed by atoms with van der Waals surface area (Å²) < 4.78 is 15.9. The Bertz CT molecular complexity index is 1030. The number of carbonyl (C=O) groups is 2. The van der Waals surface area contributed by atoms with Crippen LogP contribution in [0.25, 0.3) is 0 Å². The average molecular weight is 455 g/mol. The summed E-state index contributed by atoms with van der Waals surface area (Å²) in [4.78, 5) is 31.3. The maximum atomic E-state index is 12.6. The van der Waals surface area contributed by atoms with Gasteiger partial charge in [0.2, 0.25) is 5.88 Å². The molecule has 178 valence electrons. The fourth-order valence-corrected chi connectivity index (χ4v) is 4.29. The fraction of sp³-hybridized carbons (Fsp3) is 0.500. The Hall–Kier alpha value is -3.09. The molecule has 1 aromatic carbocycles. The molecule has 7 heteroatoms. The largest absolute Gasteiger partial charge is 0.481 e. The summed E-state index contributed by atoms with van der Waals surface area (Å²) in [5, 5.41) is 0. The highest BCUT2D eigenvalue weighted by Crippen LogP contribution is 2.37. The van der Waals surface area contributed by atoms with Crippen molar-refractivity contribution < 1.29 is 23.8 Å². The molecule has 0 spiro atoms. The number of methoxy groups -OCH3 is 2. The molecule has 2 heterocycles. The van der Waals surface area contributed by atoms with Gasteiger partial charge in [-0.3, -0.25) is 4.79 Å². The quantitative estimate of drug-likeness (QED) is 0.613. The van der Waals surface area contributed by atoms with Gasteiger partial charge in [0.05, 0.1) is 20.1 Å². The normalized spacial score (nSPS) is 15.3. The van der Waals surface area contributed by atoms with Gasteiger partial charge in [-0.1, -0.05) is 25.1 Å². The second-order valence-corrected chi connectivity index (χ2v) is 9.55. The number of ether oxygens (including phenoxy) is 3. The van der Waals surface area contributed by atoms with Gasteiger partial charge in [-0.25, -0.2) is 9.78 Å². The number of hydrogen-bond donors (Lipinski definition) is 0. The zero-order chi connectivity index (χ0) is 24.3. The van der Waals surface area contributed by atoms with Gasteiger partial charge in [0.1, 0.15) is 5.60 Å². The molecular formula is C26H34N2O5. The van der Waals surface area contributed by atoms with Crippen LogP contribution >= 0.6 is 0 Å². The van der Waals surface area contributed by atoms with Crippen LogP contribution in [0.5, 0.6) is 5.88 Å². The minimum atomic E-state index is -0.543. The first-order chi connectivity index (χ1) is 15.5. The Kier molecular flexibility index (Phi) is 7.30. The third-order valence-electron chi connectivity index (χ3n) is 6.00. The van der Waals surface area contributed by atoms with Crippen molar-refractivity contribution in [3.8, 4) is 5.88 Å². The molecule has 0 aliphatic carbocycles. The molecule has 1 aliphatic rings. The molecule has 0 N–H and O–H groups in total. The average Bonchev–Trinajstić information content (AvgIpc) is 2.77. The molecule has 2 aromatic rings. The van der Waals surface area contributed by atoms with E-state index in [1.165, 1.54) is 12.7 Å². The van der Waals surface area contributed by atoms with Gasteiger partial charge in [0, 0.05) is 31.3 Å². The van der Waals surface area contributed by atoms with Crippen molar-refractivity contribution >= 4 is 12.1 Å². The molecule has 7 nitrogen and oxygen atoms in total. The standard InChI is InChI=1S/C26H34N2O5/c1-16-12-22(31-6)27-14-21(16)23(17(2)24(29)32-7)19-9-8-18-10-11-28(15-20(18)13-19)25(30)33-26(3,4)5/h8-9,12-14,17,23H,10-11,15H2,1-7H3. The summed E-state index contributed by atoms with van der Waals surface area (Å²) in [6, 6.07) is 8.13. The Balaban J connectivity index is 1.98. The van der Waals surface area contributed by atoms with E-state index in [9.17, 15) is 9.59 Å². The van der Waals surface area contributed by atoms with Gasteiger partial charge < -0.3 is 19.1 Å². The highest BCUT2D eigenvalue weighted by Gasteiger charge is 2.31. The predicted molar refractivity (Wildman–Crippen MR) is 125 cm³/mol. The molecule has 1 aromatic heterocycles. The summed E-state index contributed by atoms with van der Waals surface area (Å²) in [5.41, 5.74) is 4.62. The molecule has 3 rings (SSSR count). The Morgan fingerprint density at radius 2 is 1.85 bits per heavy atom. The number of benzene rings is 1. The third kappa shape index (κ3) is 5.64. The van der Waals surface area contributed by atoms with Crippen LogP contribution in [0.2, 0.25) is 0 Å². The molecule has 0 radical (unpaired) electrons. The number of aryl methyl sites for hydroxylation is 1. The maximum absolute atomic E-state index is 12.6. The Morgan fingerprint density at radius 1 is 1.12 bits per heavy atom. The minimum Gasteiger partial charge on any atom is -0.481 e. The number of esters is 1. The first-order valence-corrected chi connectivity index (χ1v) is 11.2. The van der Waals surface area contributed by atoms with E-state index in [-0.39, 0.29) is 18.0 Å². The SMILES string of the molecule is COC(=O)C(C)C(c1ccc2c(c1)CN(C(=O)OC(C)(C)C)CC2)c1cnc(OC)cc1C. The molecule has 0 bridgehead atoms. The molecule has 2 unspecified atom stereocenters. The van der Waals surface area contributed by atoms with Crippen LogP contribution in [0, 0.1) is 12.8 Å². The number of carbonyl (C=O) groups excluding carboxylic acids is 2. The number of pyridine rings is 1. The van der Waals surface area contributed by atoms with E-state index < -0.39 is 11.5 Å². The van der Waals surface area contributed by atoms with Crippen LogP contribution in [0.1, 0.15) is 61.4 Å². The van der Waals surface area contributed by atoms with Gasteiger partial charge in [-0.2, -0.15) is 0 Å². The lowest BCUT2D eigenvalue weighted by molar-refractivity contribution is -0.145. The van der Waals surface area contributed by atoms with E-state index in [1.807, 2.05) is 40.7 Å². The molecular weight excluding hydrogens is 420 g/mol. The van der Waals surface area contributed by atoms with E-state index in [1.54, 1.807) is 18.2 Å². The molecule has 1 aliphatic heterocycles. The van der Waals surface area contributed by atoms with Crippen molar-refractivity contribution in [2.45, 2.75) is 59.1 Å². The van der Waals surface area contributed by atoms with E-state index in [0.717, 1.165) is 28.7 Å². The minimum absolute atomic E-state index is 0.252. The summed E-state index contributed by atoms with van der Waals surface area (Å²) in [6.45, 7) is 10.5. The second-order valence-electron chi connectivity index (χ2n) is 9.55. The van der Waals surface area contributed by atoms with E-state index in [4.69, 9.17) is 14.2 Å². The van der Waals surface area contributed by atoms with Crippen molar-refractivity contribution in [1.82, 2.24) is 9.88 Å². The van der Waals surface area contributed by atoms with E-state index in [0.29, 0.717) is 19.0 Å². The van der Waals surface area contributed by atoms with Crippen LogP contribution in [0.15, 0.2) is 30.5 Å². The molecule has 2 atom stereocenters. The topological polar surface area (TPSA) is 78.0 Å². The molecule has 33 heavy (non-hydrogen) atoms. The smallest absolute Gasteiger partial charge is 0.410 e. The van der Waals surface area contributed by atoms with Gasteiger partial charge in [-0.05, 0) is 61.9 Å². The predicted octanol–water partition coefficient (Wildman–Crippen LogP) is 4.63. The molecule has 0 fully saturated rings. The van der Waals surface area contributed by atoms with Crippen LogP contribution in [-0.4, -0.2) is 48.3 Å². The number of hydrogen-bond acceptors (Lipinski definition) is 6. The monoisotopic (exact) mass is 454 g/mol. The van der Waals surface area contributed by atoms with Crippen molar-refractivity contribution in [2.75, 3.05) is 20.8 Å². The number of fused-ring (bicyclic) bond motifs is 1. The van der Waals surface area contributed by atoms with Crippen LogP contribution in [-0.2, 0) is 27.2 Å². The third-order valence-corrected chi connectivity index (χ3v) is 6.00. The highest BCUT2D eigenvalue weighted by molar-refractivity contribution is 5.74. The molecule has 0 saturated carbocycles. The first-order valence-electron chi connectivity index (χ1n) is 11.2. The highest BCUT2D eigenvalue weighted by atomic mass is 16.6.